The Hall–Kier alpha value is -1.92. The van der Waals surface area contributed by atoms with Crippen LogP contribution in [0.5, 0.6) is 5.75 Å². The fourth-order valence-electron chi connectivity index (χ4n) is 3.90. The largest absolute Gasteiger partial charge is 0.497 e. The minimum Gasteiger partial charge on any atom is -0.497 e. The van der Waals surface area contributed by atoms with Gasteiger partial charge in [-0.15, -0.1) is 11.3 Å². The maximum atomic E-state index is 13.0. The molecule has 3 rings (SSSR count). The predicted molar refractivity (Wildman–Crippen MR) is 107 cm³/mol. The Kier molecular flexibility index (Phi) is 6.50. The van der Waals surface area contributed by atoms with Crippen LogP contribution in [0.25, 0.3) is 0 Å². The SMILES string of the molecule is CCOC(=O)[C@@]1(Cc2cccc(OC)c2)CCCN(Cc2cnc(C)s2)C1. The molecule has 1 fully saturated rings. The molecule has 1 aliphatic rings. The summed E-state index contributed by atoms with van der Waals surface area (Å²) in [5, 5.41) is 1.08. The Morgan fingerprint density at radius 1 is 1.41 bits per heavy atom. The van der Waals surface area contributed by atoms with Gasteiger partial charge in [-0.05, 0) is 57.4 Å². The summed E-state index contributed by atoms with van der Waals surface area (Å²) in [6.45, 7) is 6.85. The number of carbonyl (C=O) groups excluding carboxylic acids is 1. The Bertz CT molecular complexity index is 776. The summed E-state index contributed by atoms with van der Waals surface area (Å²) in [5.41, 5.74) is 0.596. The topological polar surface area (TPSA) is 51.7 Å². The molecule has 2 heterocycles. The van der Waals surface area contributed by atoms with Gasteiger partial charge in [0.05, 0.1) is 24.1 Å². The first-order valence-corrected chi connectivity index (χ1v) is 10.3. The maximum absolute atomic E-state index is 13.0. The van der Waals surface area contributed by atoms with Gasteiger partial charge in [0, 0.05) is 24.2 Å². The molecular weight excluding hydrogens is 360 g/mol. The van der Waals surface area contributed by atoms with Crippen molar-refractivity contribution in [2.24, 2.45) is 5.41 Å². The van der Waals surface area contributed by atoms with Crippen molar-refractivity contribution in [3.8, 4) is 5.75 Å². The van der Waals surface area contributed by atoms with E-state index in [1.807, 2.05) is 38.2 Å². The first-order valence-electron chi connectivity index (χ1n) is 9.48. The van der Waals surface area contributed by atoms with Crippen molar-refractivity contribution in [2.45, 2.75) is 39.7 Å². The Morgan fingerprint density at radius 2 is 2.26 bits per heavy atom. The van der Waals surface area contributed by atoms with Gasteiger partial charge in [0.25, 0.3) is 0 Å². The van der Waals surface area contributed by atoms with Crippen LogP contribution in [0.15, 0.2) is 30.5 Å². The number of aromatic nitrogens is 1. The Labute approximate surface area is 165 Å². The summed E-state index contributed by atoms with van der Waals surface area (Å²) in [6, 6.07) is 8.00. The molecule has 1 aromatic carbocycles. The number of hydrogen-bond acceptors (Lipinski definition) is 6. The normalized spacial score (nSPS) is 20.4. The summed E-state index contributed by atoms with van der Waals surface area (Å²) in [5.74, 6) is 0.734. The molecule has 0 saturated carbocycles. The van der Waals surface area contributed by atoms with Crippen molar-refractivity contribution >= 4 is 17.3 Å². The van der Waals surface area contributed by atoms with Gasteiger partial charge in [0.15, 0.2) is 0 Å². The molecular formula is C21H28N2O3S. The molecule has 1 atom stereocenters. The van der Waals surface area contributed by atoms with E-state index < -0.39 is 5.41 Å². The first-order chi connectivity index (χ1) is 13.0. The van der Waals surface area contributed by atoms with E-state index in [1.54, 1.807) is 18.4 Å². The highest BCUT2D eigenvalue weighted by Crippen LogP contribution is 2.36. The molecule has 1 aliphatic heterocycles. The first kappa shape index (κ1) is 19.8. The standard InChI is InChI=1S/C21H28N2O3S/c1-4-26-20(24)21(12-17-7-5-8-18(11-17)25-3)9-6-10-23(15-21)14-19-13-22-16(2)27-19/h5,7-8,11,13H,4,6,9-10,12,14-15H2,1-3H3/t21-/m1/s1. The Morgan fingerprint density at radius 3 is 2.96 bits per heavy atom. The molecule has 0 unspecified atom stereocenters. The van der Waals surface area contributed by atoms with Crippen LogP contribution < -0.4 is 4.74 Å². The average molecular weight is 389 g/mol. The van der Waals surface area contributed by atoms with Crippen molar-refractivity contribution in [1.29, 1.82) is 0 Å². The van der Waals surface area contributed by atoms with E-state index in [1.165, 1.54) is 4.88 Å². The van der Waals surface area contributed by atoms with Crippen molar-refractivity contribution in [3.05, 3.63) is 45.9 Å². The van der Waals surface area contributed by atoms with Gasteiger partial charge in [-0.25, -0.2) is 4.98 Å². The van der Waals surface area contributed by atoms with Crippen LogP contribution in [-0.2, 0) is 22.5 Å². The van der Waals surface area contributed by atoms with E-state index in [0.717, 1.165) is 42.3 Å². The molecule has 5 nitrogen and oxygen atoms in total. The van der Waals surface area contributed by atoms with Crippen molar-refractivity contribution in [3.63, 3.8) is 0 Å². The van der Waals surface area contributed by atoms with Crippen molar-refractivity contribution in [1.82, 2.24) is 9.88 Å². The van der Waals surface area contributed by atoms with Gasteiger partial charge in [-0.2, -0.15) is 0 Å². The van der Waals surface area contributed by atoms with Crippen LogP contribution >= 0.6 is 11.3 Å². The summed E-state index contributed by atoms with van der Waals surface area (Å²) < 4.78 is 10.9. The number of methoxy groups -OCH3 is 1. The minimum absolute atomic E-state index is 0.0852. The highest BCUT2D eigenvalue weighted by Gasteiger charge is 2.43. The van der Waals surface area contributed by atoms with Crippen LogP contribution in [0.1, 0.15) is 35.2 Å². The van der Waals surface area contributed by atoms with Crippen LogP contribution in [-0.4, -0.2) is 42.7 Å². The lowest BCUT2D eigenvalue weighted by molar-refractivity contribution is -0.159. The summed E-state index contributed by atoms with van der Waals surface area (Å²) in [6.07, 6.45) is 4.45. The third-order valence-electron chi connectivity index (χ3n) is 5.09. The third kappa shape index (κ3) is 4.87. The molecule has 2 aromatic rings. The number of hydrogen-bond donors (Lipinski definition) is 0. The molecule has 146 valence electrons. The van der Waals surface area contributed by atoms with E-state index in [-0.39, 0.29) is 5.97 Å². The molecule has 0 spiro atoms. The van der Waals surface area contributed by atoms with Crippen molar-refractivity contribution < 1.29 is 14.3 Å². The number of esters is 1. The van der Waals surface area contributed by atoms with Gasteiger partial charge < -0.3 is 9.47 Å². The molecule has 6 heteroatoms. The van der Waals surface area contributed by atoms with Crippen LogP contribution in [0.3, 0.4) is 0 Å². The summed E-state index contributed by atoms with van der Waals surface area (Å²) in [4.78, 5) is 21.0. The lowest BCUT2D eigenvalue weighted by atomic mass is 9.75. The van der Waals surface area contributed by atoms with E-state index >= 15 is 0 Å². The second-order valence-corrected chi connectivity index (χ2v) is 8.51. The second kappa shape index (κ2) is 8.85. The summed E-state index contributed by atoms with van der Waals surface area (Å²) >= 11 is 1.72. The maximum Gasteiger partial charge on any atom is 0.313 e. The number of likely N-dealkylation sites (tertiary alicyclic amines) is 1. The zero-order valence-corrected chi connectivity index (χ0v) is 17.2. The number of carbonyl (C=O) groups is 1. The van der Waals surface area contributed by atoms with Crippen LogP contribution in [0.2, 0.25) is 0 Å². The van der Waals surface area contributed by atoms with Gasteiger partial charge in [0.1, 0.15) is 5.75 Å². The number of ether oxygens (including phenoxy) is 2. The van der Waals surface area contributed by atoms with E-state index in [0.29, 0.717) is 19.6 Å². The van der Waals surface area contributed by atoms with E-state index in [9.17, 15) is 4.79 Å². The molecule has 1 saturated heterocycles. The van der Waals surface area contributed by atoms with Crippen LogP contribution in [0, 0.1) is 12.3 Å². The molecule has 27 heavy (non-hydrogen) atoms. The lowest BCUT2D eigenvalue weighted by Crippen LogP contribution is -2.49. The quantitative estimate of drug-likeness (QED) is 0.675. The van der Waals surface area contributed by atoms with Crippen molar-refractivity contribution in [2.75, 3.05) is 26.8 Å². The number of thiazole rings is 1. The molecule has 0 bridgehead atoms. The predicted octanol–water partition coefficient (Wildman–Crippen LogP) is 3.85. The van der Waals surface area contributed by atoms with E-state index in [4.69, 9.17) is 9.47 Å². The number of rotatable bonds is 7. The third-order valence-corrected chi connectivity index (χ3v) is 5.99. The highest BCUT2D eigenvalue weighted by molar-refractivity contribution is 7.11. The minimum atomic E-state index is -0.514. The molecule has 0 aliphatic carbocycles. The fourth-order valence-corrected chi connectivity index (χ4v) is 4.74. The monoisotopic (exact) mass is 388 g/mol. The van der Waals surface area contributed by atoms with Gasteiger partial charge >= 0.3 is 5.97 Å². The highest BCUT2D eigenvalue weighted by atomic mass is 32.1. The average Bonchev–Trinajstić information content (AvgIpc) is 3.07. The molecule has 0 radical (unpaired) electrons. The number of benzene rings is 1. The van der Waals surface area contributed by atoms with Gasteiger partial charge in [-0.1, -0.05) is 12.1 Å². The molecule has 0 amide bonds. The lowest BCUT2D eigenvalue weighted by Gasteiger charge is -2.41. The number of nitrogens with zero attached hydrogens (tertiary/aromatic N) is 2. The zero-order valence-electron chi connectivity index (χ0n) is 16.4. The second-order valence-electron chi connectivity index (χ2n) is 7.19. The molecule has 0 N–H and O–H groups in total. The number of aryl methyl sites for hydroxylation is 1. The van der Waals surface area contributed by atoms with E-state index in [2.05, 4.69) is 16.0 Å². The smallest absolute Gasteiger partial charge is 0.313 e. The molecule has 1 aromatic heterocycles. The van der Waals surface area contributed by atoms with Gasteiger partial charge in [-0.3, -0.25) is 9.69 Å². The summed E-state index contributed by atoms with van der Waals surface area (Å²) in [7, 11) is 1.67. The fraction of sp³-hybridized carbons (Fsp3) is 0.524. The van der Waals surface area contributed by atoms with Crippen LogP contribution in [0.4, 0.5) is 0 Å². The zero-order chi connectivity index (χ0) is 19.3. The Balaban J connectivity index is 1.81. The van der Waals surface area contributed by atoms with Gasteiger partial charge in [0.2, 0.25) is 0 Å². The number of piperidine rings is 1.